The summed E-state index contributed by atoms with van der Waals surface area (Å²) in [7, 11) is 3.39. The van der Waals surface area contributed by atoms with Gasteiger partial charge >= 0.3 is 0 Å². The second-order valence-corrected chi connectivity index (χ2v) is 6.45. The molecule has 2 rings (SSSR count). The van der Waals surface area contributed by atoms with Gasteiger partial charge in [-0.05, 0) is 19.1 Å². The Kier molecular flexibility index (Phi) is 11.1. The van der Waals surface area contributed by atoms with Gasteiger partial charge in [0.05, 0.1) is 6.61 Å². The monoisotopic (exact) mass is 489 g/mol. The average molecular weight is 489 g/mol. The highest BCUT2D eigenvalue weighted by atomic mass is 127. The number of methoxy groups -OCH3 is 1. The lowest BCUT2D eigenvalue weighted by Gasteiger charge is -2.36. The van der Waals surface area contributed by atoms with E-state index in [0.29, 0.717) is 25.5 Å². The topological polar surface area (TPSA) is 69.2 Å². The van der Waals surface area contributed by atoms with E-state index in [9.17, 15) is 4.79 Å². The number of carbonyl (C=O) groups excluding carboxylic acids is 1. The number of hydrogen-bond donors (Lipinski definition) is 2. The number of piperazine rings is 1. The Morgan fingerprint density at radius 1 is 1.22 bits per heavy atom. The number of rotatable bonds is 7. The largest absolute Gasteiger partial charge is 0.383 e. The van der Waals surface area contributed by atoms with E-state index < -0.39 is 0 Å². The van der Waals surface area contributed by atoms with Crippen molar-refractivity contribution in [1.82, 2.24) is 15.5 Å². The molecule has 0 aromatic heterocycles. The quantitative estimate of drug-likeness (QED) is 0.346. The molecule has 0 radical (unpaired) electrons. The van der Waals surface area contributed by atoms with Gasteiger partial charge < -0.3 is 25.2 Å². The van der Waals surface area contributed by atoms with Crippen molar-refractivity contribution in [2.75, 3.05) is 58.4 Å². The first-order valence-electron chi connectivity index (χ1n) is 9.18. The number of carbonyl (C=O) groups is 1. The van der Waals surface area contributed by atoms with Gasteiger partial charge in [-0.25, -0.2) is 0 Å². The molecule has 0 bridgehead atoms. The van der Waals surface area contributed by atoms with E-state index in [1.54, 1.807) is 14.2 Å². The average Bonchev–Trinajstić information content (AvgIpc) is 2.68. The van der Waals surface area contributed by atoms with Crippen LogP contribution in [0.25, 0.3) is 0 Å². The standard InChI is InChI=1S/C19H31N5O2.HI/c1-16(15-26-3)22-19(20-2)21-10-9-18(25)24-13-11-23(12-14-24)17-7-5-4-6-8-17;/h4-8,16H,9-15H2,1-3H3,(H2,20,21,22);1H. The molecule has 1 fully saturated rings. The first-order chi connectivity index (χ1) is 12.6. The molecule has 0 spiro atoms. The molecule has 1 aromatic rings. The summed E-state index contributed by atoms with van der Waals surface area (Å²) in [6.07, 6.45) is 0.463. The van der Waals surface area contributed by atoms with Crippen LogP contribution in [0.5, 0.6) is 0 Å². The smallest absolute Gasteiger partial charge is 0.224 e. The van der Waals surface area contributed by atoms with Crippen LogP contribution >= 0.6 is 24.0 Å². The van der Waals surface area contributed by atoms with Crippen LogP contribution in [0.15, 0.2) is 35.3 Å². The van der Waals surface area contributed by atoms with Crippen molar-refractivity contribution in [2.45, 2.75) is 19.4 Å². The molecule has 2 N–H and O–H groups in total. The summed E-state index contributed by atoms with van der Waals surface area (Å²) in [5, 5.41) is 6.42. The molecule has 7 nitrogen and oxygen atoms in total. The Labute approximate surface area is 179 Å². The fraction of sp³-hybridized carbons (Fsp3) is 0.579. The number of nitrogens with one attached hydrogen (secondary N) is 2. The number of ether oxygens (including phenoxy) is 1. The highest BCUT2D eigenvalue weighted by molar-refractivity contribution is 14.0. The van der Waals surface area contributed by atoms with Crippen molar-refractivity contribution in [3.63, 3.8) is 0 Å². The van der Waals surface area contributed by atoms with Gasteiger partial charge in [0.25, 0.3) is 0 Å². The maximum absolute atomic E-state index is 12.4. The van der Waals surface area contributed by atoms with Crippen molar-refractivity contribution >= 4 is 41.5 Å². The molecule has 0 aliphatic carbocycles. The van der Waals surface area contributed by atoms with Gasteiger partial charge in [-0.3, -0.25) is 9.79 Å². The van der Waals surface area contributed by atoms with Gasteiger partial charge in [0.2, 0.25) is 5.91 Å². The van der Waals surface area contributed by atoms with Gasteiger partial charge in [0, 0.05) is 65.0 Å². The molecular weight excluding hydrogens is 457 g/mol. The van der Waals surface area contributed by atoms with Crippen LogP contribution in [0, 0.1) is 0 Å². The van der Waals surface area contributed by atoms with Crippen LogP contribution in [0.4, 0.5) is 5.69 Å². The lowest BCUT2D eigenvalue weighted by molar-refractivity contribution is -0.131. The van der Waals surface area contributed by atoms with Crippen LogP contribution in [0.3, 0.4) is 0 Å². The van der Waals surface area contributed by atoms with E-state index in [-0.39, 0.29) is 35.9 Å². The Bertz CT molecular complexity index is 577. The molecule has 1 atom stereocenters. The van der Waals surface area contributed by atoms with E-state index in [4.69, 9.17) is 4.74 Å². The fourth-order valence-corrected chi connectivity index (χ4v) is 3.02. The molecule has 1 unspecified atom stereocenters. The number of para-hydroxylation sites is 1. The van der Waals surface area contributed by atoms with Crippen LogP contribution in [0.1, 0.15) is 13.3 Å². The molecular formula is C19H32IN5O2. The Hall–Kier alpha value is -1.55. The van der Waals surface area contributed by atoms with E-state index in [1.807, 2.05) is 30.0 Å². The normalized spacial score (nSPS) is 15.7. The van der Waals surface area contributed by atoms with Gasteiger partial charge in [-0.1, -0.05) is 18.2 Å². The van der Waals surface area contributed by atoms with E-state index in [1.165, 1.54) is 5.69 Å². The molecule has 0 saturated carbocycles. The molecule has 1 saturated heterocycles. The molecule has 152 valence electrons. The van der Waals surface area contributed by atoms with Crippen LogP contribution in [-0.2, 0) is 9.53 Å². The molecule has 1 aromatic carbocycles. The third-order valence-electron chi connectivity index (χ3n) is 4.41. The zero-order valence-electron chi connectivity index (χ0n) is 16.5. The van der Waals surface area contributed by atoms with Crippen molar-refractivity contribution in [3.05, 3.63) is 30.3 Å². The fourth-order valence-electron chi connectivity index (χ4n) is 3.02. The number of anilines is 1. The molecule has 27 heavy (non-hydrogen) atoms. The second-order valence-electron chi connectivity index (χ2n) is 6.45. The SMILES string of the molecule is CN=C(NCCC(=O)N1CCN(c2ccccc2)CC1)NC(C)COC.I. The summed E-state index contributed by atoms with van der Waals surface area (Å²) in [5.41, 5.74) is 1.22. The summed E-state index contributed by atoms with van der Waals surface area (Å²) in [5.74, 6) is 0.877. The Balaban J connectivity index is 0.00000364. The van der Waals surface area contributed by atoms with Crippen molar-refractivity contribution in [3.8, 4) is 0 Å². The lowest BCUT2D eigenvalue weighted by Crippen LogP contribution is -2.50. The maximum Gasteiger partial charge on any atom is 0.224 e. The third-order valence-corrected chi connectivity index (χ3v) is 4.41. The minimum absolute atomic E-state index is 0. The molecule has 8 heteroatoms. The predicted octanol–water partition coefficient (Wildman–Crippen LogP) is 1.54. The zero-order valence-corrected chi connectivity index (χ0v) is 18.8. The summed E-state index contributed by atoms with van der Waals surface area (Å²) in [6.45, 7) is 6.48. The van der Waals surface area contributed by atoms with E-state index in [2.05, 4.69) is 32.7 Å². The molecule has 1 aliphatic heterocycles. The minimum Gasteiger partial charge on any atom is -0.383 e. The predicted molar refractivity (Wildman–Crippen MR) is 121 cm³/mol. The number of hydrogen-bond acceptors (Lipinski definition) is 4. The molecule has 1 aliphatic rings. The molecule has 1 heterocycles. The molecule has 1 amide bonds. The van der Waals surface area contributed by atoms with E-state index >= 15 is 0 Å². The number of nitrogens with zero attached hydrogens (tertiary/aromatic N) is 3. The van der Waals surface area contributed by atoms with Crippen molar-refractivity contribution < 1.29 is 9.53 Å². The minimum atomic E-state index is 0. The lowest BCUT2D eigenvalue weighted by atomic mass is 10.2. The van der Waals surface area contributed by atoms with Crippen LogP contribution < -0.4 is 15.5 Å². The first kappa shape index (κ1) is 23.5. The number of amides is 1. The Morgan fingerprint density at radius 2 is 1.89 bits per heavy atom. The maximum atomic E-state index is 12.4. The van der Waals surface area contributed by atoms with Crippen LogP contribution in [0.2, 0.25) is 0 Å². The van der Waals surface area contributed by atoms with Gasteiger partial charge in [0.15, 0.2) is 5.96 Å². The highest BCUT2D eigenvalue weighted by Crippen LogP contribution is 2.15. The van der Waals surface area contributed by atoms with Crippen molar-refractivity contribution in [1.29, 1.82) is 0 Å². The second kappa shape index (κ2) is 12.8. The van der Waals surface area contributed by atoms with Gasteiger partial charge in [0.1, 0.15) is 0 Å². The summed E-state index contributed by atoms with van der Waals surface area (Å²) in [6, 6.07) is 10.5. The zero-order chi connectivity index (χ0) is 18.8. The Morgan fingerprint density at radius 3 is 2.48 bits per heavy atom. The van der Waals surface area contributed by atoms with E-state index in [0.717, 1.165) is 26.2 Å². The number of benzene rings is 1. The van der Waals surface area contributed by atoms with Gasteiger partial charge in [-0.15, -0.1) is 24.0 Å². The summed E-state index contributed by atoms with van der Waals surface area (Å²) in [4.78, 5) is 20.9. The summed E-state index contributed by atoms with van der Waals surface area (Å²) < 4.78 is 5.10. The number of halogens is 1. The van der Waals surface area contributed by atoms with Crippen LogP contribution in [-0.4, -0.2) is 76.3 Å². The van der Waals surface area contributed by atoms with Gasteiger partial charge in [-0.2, -0.15) is 0 Å². The summed E-state index contributed by atoms with van der Waals surface area (Å²) >= 11 is 0. The number of aliphatic imine (C=N–C) groups is 1. The van der Waals surface area contributed by atoms with Crippen molar-refractivity contribution in [2.24, 2.45) is 4.99 Å². The number of guanidine groups is 1. The first-order valence-corrected chi connectivity index (χ1v) is 9.18. The third kappa shape index (κ3) is 7.92. The highest BCUT2D eigenvalue weighted by Gasteiger charge is 2.20.